The summed E-state index contributed by atoms with van der Waals surface area (Å²) in [5.41, 5.74) is 2.89. The summed E-state index contributed by atoms with van der Waals surface area (Å²) in [5.74, 6) is 0.740. The standard InChI is InChI=1S/C16H18N2O2S2/c19-15(18-20)10-16(7-1-2-9-21-16)14-6-5-13(22-14)12-4-3-8-17-11-12/h3-6,8,11,20H,1-2,7,9-10H2,(H,18,19)/t16-/m0/s1. The molecule has 0 spiro atoms. The van der Waals surface area contributed by atoms with Gasteiger partial charge in [-0.3, -0.25) is 15.0 Å². The van der Waals surface area contributed by atoms with E-state index in [1.165, 1.54) is 11.3 Å². The largest absolute Gasteiger partial charge is 0.289 e. The predicted molar refractivity (Wildman–Crippen MR) is 90.1 cm³/mol. The van der Waals surface area contributed by atoms with Crippen molar-refractivity contribution in [2.45, 2.75) is 30.4 Å². The molecule has 2 aromatic heterocycles. The molecule has 3 heterocycles. The minimum Gasteiger partial charge on any atom is -0.289 e. The molecule has 0 radical (unpaired) electrons. The molecule has 0 bridgehead atoms. The molecule has 1 aliphatic rings. The van der Waals surface area contributed by atoms with Crippen LogP contribution >= 0.6 is 23.1 Å². The van der Waals surface area contributed by atoms with E-state index in [1.807, 2.05) is 30.1 Å². The number of hydrogen-bond acceptors (Lipinski definition) is 5. The molecule has 116 valence electrons. The van der Waals surface area contributed by atoms with Crippen molar-refractivity contribution in [3.05, 3.63) is 41.5 Å². The van der Waals surface area contributed by atoms with E-state index in [2.05, 4.69) is 17.1 Å². The fourth-order valence-corrected chi connectivity index (χ4v) is 5.70. The van der Waals surface area contributed by atoms with Crippen LogP contribution in [0.2, 0.25) is 0 Å². The molecule has 1 atom stereocenters. The van der Waals surface area contributed by atoms with Crippen molar-refractivity contribution in [2.24, 2.45) is 0 Å². The lowest BCUT2D eigenvalue weighted by atomic mass is 9.94. The summed E-state index contributed by atoms with van der Waals surface area (Å²) < 4.78 is -0.212. The van der Waals surface area contributed by atoms with Gasteiger partial charge in [0, 0.05) is 34.1 Å². The van der Waals surface area contributed by atoms with Crippen molar-refractivity contribution in [3.8, 4) is 10.4 Å². The molecule has 0 aromatic carbocycles. The van der Waals surface area contributed by atoms with Crippen LogP contribution < -0.4 is 5.48 Å². The second-order valence-electron chi connectivity index (χ2n) is 5.42. The van der Waals surface area contributed by atoms with Gasteiger partial charge < -0.3 is 0 Å². The molecule has 22 heavy (non-hydrogen) atoms. The second kappa shape index (κ2) is 6.81. The molecule has 0 unspecified atom stereocenters. The number of rotatable bonds is 4. The quantitative estimate of drug-likeness (QED) is 0.659. The van der Waals surface area contributed by atoms with E-state index in [4.69, 9.17) is 5.21 Å². The van der Waals surface area contributed by atoms with Crippen LogP contribution in [0.15, 0.2) is 36.7 Å². The minimum absolute atomic E-state index is 0.212. The van der Waals surface area contributed by atoms with Gasteiger partial charge in [0.15, 0.2) is 0 Å². The maximum absolute atomic E-state index is 11.8. The van der Waals surface area contributed by atoms with Gasteiger partial charge in [-0.2, -0.15) is 0 Å². The normalized spacial score (nSPS) is 21.5. The lowest BCUT2D eigenvalue weighted by Gasteiger charge is -2.35. The van der Waals surface area contributed by atoms with Gasteiger partial charge in [-0.15, -0.1) is 23.1 Å². The van der Waals surface area contributed by atoms with Crippen molar-refractivity contribution in [1.82, 2.24) is 10.5 Å². The van der Waals surface area contributed by atoms with Crippen LogP contribution in [0.4, 0.5) is 0 Å². The Morgan fingerprint density at radius 3 is 2.95 bits per heavy atom. The van der Waals surface area contributed by atoms with Gasteiger partial charge in [0.25, 0.3) is 0 Å². The Kier molecular flexibility index (Phi) is 4.81. The monoisotopic (exact) mass is 334 g/mol. The van der Waals surface area contributed by atoms with Gasteiger partial charge in [0.2, 0.25) is 5.91 Å². The lowest BCUT2D eigenvalue weighted by Crippen LogP contribution is -2.32. The first kappa shape index (κ1) is 15.5. The summed E-state index contributed by atoms with van der Waals surface area (Å²) in [6.45, 7) is 0. The number of aromatic nitrogens is 1. The third-order valence-electron chi connectivity index (χ3n) is 3.93. The van der Waals surface area contributed by atoms with Crippen LogP contribution in [0.3, 0.4) is 0 Å². The van der Waals surface area contributed by atoms with Gasteiger partial charge in [0.05, 0.1) is 4.75 Å². The minimum atomic E-state index is -0.314. The smallest absolute Gasteiger partial charge is 0.245 e. The number of thioether (sulfide) groups is 1. The van der Waals surface area contributed by atoms with Crippen molar-refractivity contribution >= 4 is 29.0 Å². The second-order valence-corrected chi connectivity index (χ2v) is 7.98. The van der Waals surface area contributed by atoms with E-state index in [1.54, 1.807) is 23.0 Å². The maximum atomic E-state index is 11.8. The number of hydrogen-bond donors (Lipinski definition) is 2. The number of nitrogens with zero attached hydrogens (tertiary/aromatic N) is 1. The number of carbonyl (C=O) groups is 1. The summed E-state index contributed by atoms with van der Waals surface area (Å²) in [6.07, 6.45) is 7.22. The zero-order valence-corrected chi connectivity index (χ0v) is 13.8. The Hall–Kier alpha value is -1.37. The molecule has 1 fully saturated rings. The van der Waals surface area contributed by atoms with Gasteiger partial charge in [0.1, 0.15) is 0 Å². The fraction of sp³-hybridized carbons (Fsp3) is 0.375. The van der Waals surface area contributed by atoms with E-state index in [9.17, 15) is 4.79 Å². The first-order valence-corrected chi connectivity index (χ1v) is 9.11. The Balaban J connectivity index is 1.91. The van der Waals surface area contributed by atoms with Crippen LogP contribution in [0.1, 0.15) is 30.6 Å². The highest BCUT2D eigenvalue weighted by atomic mass is 32.2. The van der Waals surface area contributed by atoms with E-state index in [-0.39, 0.29) is 10.7 Å². The third-order valence-corrected chi connectivity index (χ3v) is 7.01. The van der Waals surface area contributed by atoms with Gasteiger partial charge in [-0.05, 0) is 36.8 Å². The van der Waals surface area contributed by atoms with E-state index in [0.717, 1.165) is 29.0 Å². The molecule has 3 rings (SSSR count). The van der Waals surface area contributed by atoms with Crippen molar-refractivity contribution in [1.29, 1.82) is 0 Å². The molecule has 2 N–H and O–H groups in total. The maximum Gasteiger partial charge on any atom is 0.245 e. The highest BCUT2D eigenvalue weighted by molar-refractivity contribution is 8.00. The lowest BCUT2D eigenvalue weighted by molar-refractivity contribution is -0.129. The Labute approximate surface area is 137 Å². The summed E-state index contributed by atoms with van der Waals surface area (Å²) >= 11 is 3.56. The molecule has 4 nitrogen and oxygen atoms in total. The number of carbonyl (C=O) groups excluding carboxylic acids is 1. The van der Waals surface area contributed by atoms with Crippen LogP contribution in [-0.2, 0) is 9.54 Å². The van der Waals surface area contributed by atoms with Crippen molar-refractivity contribution < 1.29 is 10.0 Å². The SMILES string of the molecule is O=C(C[C@]1(c2ccc(-c3cccnc3)s2)CCCCS1)NO. The predicted octanol–water partition coefficient (Wildman–Crippen LogP) is 3.82. The van der Waals surface area contributed by atoms with Crippen LogP contribution in [0.25, 0.3) is 10.4 Å². The highest BCUT2D eigenvalue weighted by Gasteiger charge is 2.38. The molecule has 1 saturated heterocycles. The third kappa shape index (κ3) is 3.19. The van der Waals surface area contributed by atoms with Gasteiger partial charge >= 0.3 is 0 Å². The number of pyridine rings is 1. The Morgan fingerprint density at radius 1 is 1.36 bits per heavy atom. The number of hydroxylamine groups is 1. The Bertz CT molecular complexity index is 637. The number of amides is 1. The molecule has 0 aliphatic carbocycles. The van der Waals surface area contributed by atoms with Gasteiger partial charge in [-0.25, -0.2) is 5.48 Å². The number of thiophene rings is 1. The van der Waals surface area contributed by atoms with E-state index >= 15 is 0 Å². The molecule has 6 heteroatoms. The molecule has 2 aromatic rings. The molecular formula is C16H18N2O2S2. The topological polar surface area (TPSA) is 62.2 Å². The average molecular weight is 334 g/mol. The highest BCUT2D eigenvalue weighted by Crippen LogP contribution is 2.50. The molecule has 1 aliphatic heterocycles. The summed E-state index contributed by atoms with van der Waals surface area (Å²) in [6, 6.07) is 8.20. The van der Waals surface area contributed by atoms with Crippen LogP contribution in [0, 0.1) is 0 Å². The first-order valence-electron chi connectivity index (χ1n) is 7.31. The van der Waals surface area contributed by atoms with E-state index in [0.29, 0.717) is 6.42 Å². The summed E-state index contributed by atoms with van der Waals surface area (Å²) in [4.78, 5) is 18.3. The van der Waals surface area contributed by atoms with Crippen molar-refractivity contribution in [2.75, 3.05) is 5.75 Å². The molecule has 1 amide bonds. The number of nitrogens with one attached hydrogen (secondary N) is 1. The Morgan fingerprint density at radius 2 is 2.27 bits per heavy atom. The van der Waals surface area contributed by atoms with Gasteiger partial charge in [-0.1, -0.05) is 12.5 Å². The molecular weight excluding hydrogens is 316 g/mol. The average Bonchev–Trinajstić information content (AvgIpc) is 3.07. The zero-order chi connectivity index (χ0) is 15.4. The van der Waals surface area contributed by atoms with Crippen LogP contribution in [-0.4, -0.2) is 21.9 Å². The summed E-state index contributed by atoms with van der Waals surface area (Å²) in [5, 5.41) is 8.90. The summed E-state index contributed by atoms with van der Waals surface area (Å²) in [7, 11) is 0. The van der Waals surface area contributed by atoms with Crippen LogP contribution in [0.5, 0.6) is 0 Å². The van der Waals surface area contributed by atoms with E-state index < -0.39 is 0 Å². The fourth-order valence-electron chi connectivity index (χ4n) is 2.82. The molecule has 0 saturated carbocycles. The zero-order valence-electron chi connectivity index (χ0n) is 12.1. The van der Waals surface area contributed by atoms with Crippen molar-refractivity contribution in [3.63, 3.8) is 0 Å². The first-order chi connectivity index (χ1) is 10.7.